The first kappa shape index (κ1) is 24.4. The zero-order valence-corrected chi connectivity index (χ0v) is 20.5. The van der Waals surface area contributed by atoms with Crippen LogP contribution >= 0.6 is 24.0 Å². The Morgan fingerprint density at radius 3 is 2.55 bits per heavy atom. The Labute approximate surface area is 194 Å². The molecule has 1 N–H and O–H groups in total. The number of likely N-dealkylation sites (tertiary alicyclic amines) is 2. The van der Waals surface area contributed by atoms with Crippen LogP contribution in [0.15, 0.2) is 35.3 Å². The molecule has 3 rings (SSSR count). The predicted octanol–water partition coefficient (Wildman–Crippen LogP) is 3.64. The molecule has 0 spiro atoms. The number of halogens is 1. The zero-order valence-electron chi connectivity index (χ0n) is 18.2. The Kier molecular flexibility index (Phi) is 11.3. The third-order valence-corrected chi connectivity index (χ3v) is 5.91. The maximum Gasteiger partial charge on any atom is 0.193 e. The summed E-state index contributed by atoms with van der Waals surface area (Å²) in [6, 6.07) is 10.8. The van der Waals surface area contributed by atoms with Gasteiger partial charge in [0.25, 0.3) is 0 Å². The van der Waals surface area contributed by atoms with Crippen LogP contribution in [0, 0.1) is 5.92 Å². The first-order valence-corrected chi connectivity index (χ1v) is 11.2. The molecule has 0 bridgehead atoms. The lowest BCUT2D eigenvalue weighted by Crippen LogP contribution is -2.47. The fourth-order valence-electron chi connectivity index (χ4n) is 4.31. The summed E-state index contributed by atoms with van der Waals surface area (Å²) in [5.41, 5.74) is 1.44. The molecule has 1 atom stereocenters. The van der Waals surface area contributed by atoms with Gasteiger partial charge in [-0.05, 0) is 57.6 Å². The van der Waals surface area contributed by atoms with E-state index in [2.05, 4.69) is 59.3 Å². The van der Waals surface area contributed by atoms with Crippen LogP contribution in [0.4, 0.5) is 0 Å². The first-order valence-electron chi connectivity index (χ1n) is 11.2. The van der Waals surface area contributed by atoms with E-state index in [1.165, 1.54) is 25.1 Å². The smallest absolute Gasteiger partial charge is 0.193 e. The van der Waals surface area contributed by atoms with Crippen molar-refractivity contribution < 1.29 is 4.74 Å². The van der Waals surface area contributed by atoms with E-state index in [1.54, 1.807) is 0 Å². The molecule has 1 aromatic carbocycles. The minimum Gasteiger partial charge on any atom is -0.378 e. The quantitative estimate of drug-likeness (QED) is 0.327. The van der Waals surface area contributed by atoms with Crippen molar-refractivity contribution in [3.63, 3.8) is 0 Å². The molecule has 164 valence electrons. The summed E-state index contributed by atoms with van der Waals surface area (Å²) >= 11 is 0. The molecule has 1 unspecified atom stereocenters. The first-order chi connectivity index (χ1) is 13.8. The summed E-state index contributed by atoms with van der Waals surface area (Å²) in [7, 11) is 0. The van der Waals surface area contributed by atoms with Crippen LogP contribution in [-0.4, -0.2) is 74.3 Å². The number of guanidine groups is 1. The second kappa shape index (κ2) is 13.4. The number of aliphatic imine (C=N–C) groups is 1. The molecular weight excluding hydrogens is 475 g/mol. The Morgan fingerprint density at radius 1 is 1.10 bits per heavy atom. The Balaban J connectivity index is 0.00000300. The predicted molar refractivity (Wildman–Crippen MR) is 132 cm³/mol. The molecule has 6 heteroatoms. The van der Waals surface area contributed by atoms with Gasteiger partial charge in [-0.15, -0.1) is 24.0 Å². The number of nitrogens with one attached hydrogen (secondary N) is 1. The summed E-state index contributed by atoms with van der Waals surface area (Å²) in [4.78, 5) is 10.0. The molecule has 0 aliphatic carbocycles. The van der Waals surface area contributed by atoms with Gasteiger partial charge in [0.15, 0.2) is 5.96 Å². The molecule has 2 heterocycles. The van der Waals surface area contributed by atoms with Gasteiger partial charge >= 0.3 is 0 Å². The molecule has 0 aromatic heterocycles. The molecule has 5 nitrogen and oxygen atoms in total. The number of ether oxygens (including phenoxy) is 1. The average Bonchev–Trinajstić information content (AvgIpc) is 3.19. The van der Waals surface area contributed by atoms with Crippen LogP contribution in [0.1, 0.15) is 38.7 Å². The van der Waals surface area contributed by atoms with E-state index >= 15 is 0 Å². The van der Waals surface area contributed by atoms with E-state index in [0.717, 1.165) is 64.6 Å². The van der Waals surface area contributed by atoms with Crippen molar-refractivity contribution >= 4 is 29.9 Å². The van der Waals surface area contributed by atoms with Crippen LogP contribution in [0.3, 0.4) is 0 Å². The van der Waals surface area contributed by atoms with Crippen LogP contribution in [0.5, 0.6) is 0 Å². The van der Waals surface area contributed by atoms with Crippen LogP contribution in [-0.2, 0) is 11.2 Å². The lowest BCUT2D eigenvalue weighted by molar-refractivity contribution is 0.0263. The van der Waals surface area contributed by atoms with E-state index in [1.807, 2.05) is 0 Å². The van der Waals surface area contributed by atoms with Gasteiger partial charge in [0, 0.05) is 45.9 Å². The normalized spacial score (nSPS) is 21.2. The molecule has 2 aliphatic rings. The highest BCUT2D eigenvalue weighted by atomic mass is 127. The summed E-state index contributed by atoms with van der Waals surface area (Å²) in [6.45, 7) is 12.6. The number of hydrogen-bond donors (Lipinski definition) is 1. The average molecular weight is 514 g/mol. The monoisotopic (exact) mass is 514 g/mol. The molecule has 2 saturated heterocycles. The Morgan fingerprint density at radius 2 is 1.86 bits per heavy atom. The molecule has 0 radical (unpaired) electrons. The minimum absolute atomic E-state index is 0. The second-order valence-corrected chi connectivity index (χ2v) is 8.03. The van der Waals surface area contributed by atoms with Gasteiger partial charge in [0.05, 0.1) is 6.10 Å². The standard InChI is InChI=1S/C23H38N4O.HI/c1-3-24-23(27-16-12-22(13-17-27)28-4-2)25-18-21-11-15-26(19-21)14-10-20-8-6-5-7-9-20;/h5-9,21-22H,3-4,10-19H2,1-2H3,(H,24,25);1H. The third-order valence-electron chi connectivity index (χ3n) is 5.91. The highest BCUT2D eigenvalue weighted by molar-refractivity contribution is 14.0. The van der Waals surface area contributed by atoms with Crippen molar-refractivity contribution in [1.82, 2.24) is 15.1 Å². The van der Waals surface area contributed by atoms with Crippen LogP contribution in [0.25, 0.3) is 0 Å². The Bertz CT molecular complexity index is 590. The van der Waals surface area contributed by atoms with E-state index in [-0.39, 0.29) is 24.0 Å². The van der Waals surface area contributed by atoms with E-state index in [9.17, 15) is 0 Å². The van der Waals surface area contributed by atoms with E-state index in [4.69, 9.17) is 9.73 Å². The van der Waals surface area contributed by atoms with Gasteiger partial charge in [-0.2, -0.15) is 0 Å². The SMILES string of the molecule is CCNC(=NCC1CCN(CCc2ccccc2)C1)N1CCC(OCC)CC1.I. The molecule has 2 fully saturated rings. The number of hydrogen-bond acceptors (Lipinski definition) is 3. The van der Waals surface area contributed by atoms with E-state index < -0.39 is 0 Å². The van der Waals surface area contributed by atoms with Crippen molar-refractivity contribution in [2.45, 2.75) is 45.6 Å². The number of rotatable bonds is 8. The van der Waals surface area contributed by atoms with Crippen molar-refractivity contribution in [2.75, 3.05) is 52.4 Å². The van der Waals surface area contributed by atoms with Crippen molar-refractivity contribution in [2.24, 2.45) is 10.9 Å². The maximum absolute atomic E-state index is 5.79. The van der Waals surface area contributed by atoms with Crippen molar-refractivity contribution in [3.05, 3.63) is 35.9 Å². The van der Waals surface area contributed by atoms with Gasteiger partial charge in [-0.25, -0.2) is 0 Å². The van der Waals surface area contributed by atoms with Gasteiger partial charge in [0.1, 0.15) is 0 Å². The van der Waals surface area contributed by atoms with Gasteiger partial charge < -0.3 is 19.9 Å². The summed E-state index contributed by atoms with van der Waals surface area (Å²) in [6.07, 6.45) is 5.06. The molecular formula is C23H39IN4O. The number of piperidine rings is 1. The topological polar surface area (TPSA) is 40.1 Å². The highest BCUT2D eigenvalue weighted by Gasteiger charge is 2.24. The number of benzene rings is 1. The van der Waals surface area contributed by atoms with Gasteiger partial charge in [0.2, 0.25) is 0 Å². The number of nitrogens with zero attached hydrogens (tertiary/aromatic N) is 3. The summed E-state index contributed by atoms with van der Waals surface area (Å²) in [5.74, 6) is 1.78. The minimum atomic E-state index is 0. The zero-order chi connectivity index (χ0) is 19.6. The lowest BCUT2D eigenvalue weighted by atomic mass is 10.1. The van der Waals surface area contributed by atoms with Crippen LogP contribution in [0.2, 0.25) is 0 Å². The molecule has 1 aromatic rings. The fourth-order valence-corrected chi connectivity index (χ4v) is 4.31. The highest BCUT2D eigenvalue weighted by Crippen LogP contribution is 2.18. The van der Waals surface area contributed by atoms with Crippen molar-refractivity contribution in [3.8, 4) is 0 Å². The molecule has 29 heavy (non-hydrogen) atoms. The van der Waals surface area contributed by atoms with Crippen molar-refractivity contribution in [1.29, 1.82) is 0 Å². The largest absolute Gasteiger partial charge is 0.378 e. The molecule has 2 aliphatic heterocycles. The summed E-state index contributed by atoms with van der Waals surface area (Å²) < 4.78 is 5.79. The second-order valence-electron chi connectivity index (χ2n) is 8.03. The molecule has 0 saturated carbocycles. The van der Waals surface area contributed by atoms with Gasteiger partial charge in [-0.3, -0.25) is 4.99 Å². The Hall–Kier alpha value is -0.860. The third kappa shape index (κ3) is 8.06. The maximum atomic E-state index is 5.79. The van der Waals surface area contributed by atoms with Gasteiger partial charge in [-0.1, -0.05) is 30.3 Å². The van der Waals surface area contributed by atoms with E-state index in [0.29, 0.717) is 12.0 Å². The summed E-state index contributed by atoms with van der Waals surface area (Å²) in [5, 5.41) is 3.50. The lowest BCUT2D eigenvalue weighted by Gasteiger charge is -2.34. The fraction of sp³-hybridized carbons (Fsp3) is 0.696. The van der Waals surface area contributed by atoms with Crippen LogP contribution < -0.4 is 5.32 Å². The molecule has 0 amide bonds.